The molecular weight excluding hydrogens is 347 g/mol. The number of benzene rings is 2. The van der Waals surface area contributed by atoms with Gasteiger partial charge in [-0.25, -0.2) is 4.39 Å². The summed E-state index contributed by atoms with van der Waals surface area (Å²) in [5.41, 5.74) is 0.943. The van der Waals surface area contributed by atoms with Crippen molar-refractivity contribution in [3.63, 3.8) is 0 Å². The number of carbonyl (C=O) groups excluding carboxylic acids is 1. The van der Waals surface area contributed by atoms with E-state index in [1.807, 2.05) is 26.8 Å². The summed E-state index contributed by atoms with van der Waals surface area (Å²) in [5, 5.41) is 11.9. The third-order valence-electron chi connectivity index (χ3n) is 3.41. The highest BCUT2D eigenvalue weighted by Crippen LogP contribution is 2.30. The minimum Gasteiger partial charge on any atom is -0.490 e. The Morgan fingerprint density at radius 2 is 1.93 bits per heavy atom. The molecule has 0 radical (unpaired) electrons. The Morgan fingerprint density at radius 3 is 2.52 bits per heavy atom. The monoisotopic (exact) mass is 368 g/mol. The maximum atomic E-state index is 13.0. The summed E-state index contributed by atoms with van der Waals surface area (Å²) < 4.78 is 24.2. The normalized spacial score (nSPS) is 11.0. The molecule has 0 saturated heterocycles. The van der Waals surface area contributed by atoms with Gasteiger partial charge in [0.1, 0.15) is 17.5 Å². The van der Waals surface area contributed by atoms with Gasteiger partial charge in [-0.15, -0.1) is 0 Å². The fraction of sp³-hybridized carbons (Fsp3) is 0.238. The van der Waals surface area contributed by atoms with Gasteiger partial charge < -0.3 is 14.8 Å². The fourth-order valence-corrected chi connectivity index (χ4v) is 2.28. The highest BCUT2D eigenvalue weighted by molar-refractivity contribution is 6.09. The van der Waals surface area contributed by atoms with Crippen molar-refractivity contribution in [3.05, 3.63) is 59.4 Å². The summed E-state index contributed by atoms with van der Waals surface area (Å²) in [7, 11) is 0. The largest absolute Gasteiger partial charge is 0.490 e. The number of hydrogen-bond acceptors (Lipinski definition) is 4. The Bertz CT molecular complexity index is 868. The number of carbonyl (C=O) groups is 1. The average molecular weight is 368 g/mol. The maximum absolute atomic E-state index is 13.0. The average Bonchev–Trinajstić information content (AvgIpc) is 2.63. The summed E-state index contributed by atoms with van der Waals surface area (Å²) in [6.07, 6.45) is 1.45. The van der Waals surface area contributed by atoms with Gasteiger partial charge in [0.05, 0.1) is 12.7 Å². The van der Waals surface area contributed by atoms with E-state index >= 15 is 0 Å². The van der Waals surface area contributed by atoms with Gasteiger partial charge in [-0.05, 0) is 68.8 Å². The minimum atomic E-state index is -0.579. The van der Waals surface area contributed by atoms with Crippen molar-refractivity contribution in [3.8, 4) is 17.6 Å². The molecule has 27 heavy (non-hydrogen) atoms. The number of nitriles is 1. The number of hydrogen-bond donors (Lipinski definition) is 1. The fourth-order valence-electron chi connectivity index (χ4n) is 2.28. The second-order valence-corrected chi connectivity index (χ2v) is 5.94. The van der Waals surface area contributed by atoms with Crippen LogP contribution in [0.5, 0.6) is 11.5 Å². The molecule has 0 bridgehead atoms. The van der Waals surface area contributed by atoms with E-state index in [4.69, 9.17) is 9.47 Å². The molecule has 0 aliphatic carbocycles. The first-order valence-electron chi connectivity index (χ1n) is 8.55. The summed E-state index contributed by atoms with van der Waals surface area (Å²) in [5.74, 6) is 0.148. The molecule has 5 nitrogen and oxygen atoms in total. The zero-order chi connectivity index (χ0) is 19.8. The molecule has 0 atom stereocenters. The Morgan fingerprint density at radius 1 is 1.22 bits per heavy atom. The molecule has 0 saturated carbocycles. The van der Waals surface area contributed by atoms with Crippen molar-refractivity contribution >= 4 is 17.7 Å². The predicted octanol–water partition coefficient (Wildman–Crippen LogP) is 4.56. The zero-order valence-electron chi connectivity index (χ0n) is 15.5. The second kappa shape index (κ2) is 9.39. The number of halogens is 1. The topological polar surface area (TPSA) is 71.3 Å². The molecule has 0 spiro atoms. The van der Waals surface area contributed by atoms with E-state index in [2.05, 4.69) is 5.32 Å². The molecule has 0 fully saturated rings. The van der Waals surface area contributed by atoms with Crippen molar-refractivity contribution in [2.45, 2.75) is 26.9 Å². The van der Waals surface area contributed by atoms with Crippen LogP contribution in [0.3, 0.4) is 0 Å². The van der Waals surface area contributed by atoms with Crippen molar-refractivity contribution in [1.82, 2.24) is 0 Å². The van der Waals surface area contributed by atoms with Crippen LogP contribution in [0.25, 0.3) is 6.08 Å². The molecule has 1 N–H and O–H groups in total. The van der Waals surface area contributed by atoms with E-state index in [9.17, 15) is 14.4 Å². The van der Waals surface area contributed by atoms with Crippen LogP contribution in [0.1, 0.15) is 26.3 Å². The Hall–Kier alpha value is -3.33. The minimum absolute atomic E-state index is 0.0123. The molecule has 2 rings (SSSR count). The summed E-state index contributed by atoms with van der Waals surface area (Å²) >= 11 is 0. The zero-order valence-corrected chi connectivity index (χ0v) is 15.5. The van der Waals surface area contributed by atoms with Crippen LogP contribution in [0.15, 0.2) is 48.0 Å². The van der Waals surface area contributed by atoms with Crippen molar-refractivity contribution in [2.24, 2.45) is 0 Å². The van der Waals surface area contributed by atoms with Gasteiger partial charge in [-0.2, -0.15) is 5.26 Å². The number of nitrogens with zero attached hydrogens (tertiary/aromatic N) is 1. The molecular formula is C21H21FN2O3. The van der Waals surface area contributed by atoms with Crippen LogP contribution >= 0.6 is 0 Å². The highest BCUT2D eigenvalue weighted by Gasteiger charge is 2.12. The molecule has 0 aliphatic heterocycles. The number of anilines is 1. The molecule has 0 heterocycles. The van der Waals surface area contributed by atoms with Gasteiger partial charge in [0.25, 0.3) is 5.91 Å². The number of nitrogens with one attached hydrogen (secondary N) is 1. The summed E-state index contributed by atoms with van der Waals surface area (Å²) in [6, 6.07) is 12.4. The van der Waals surface area contributed by atoms with Gasteiger partial charge in [-0.3, -0.25) is 4.79 Å². The molecule has 2 aromatic carbocycles. The lowest BCUT2D eigenvalue weighted by atomic mass is 10.1. The first-order valence-corrected chi connectivity index (χ1v) is 8.55. The van der Waals surface area contributed by atoms with Crippen LogP contribution in [0, 0.1) is 17.1 Å². The van der Waals surface area contributed by atoms with Gasteiger partial charge in [0.15, 0.2) is 11.5 Å². The number of amides is 1. The molecule has 140 valence electrons. The van der Waals surface area contributed by atoms with E-state index in [1.165, 1.54) is 30.3 Å². The molecule has 1 amide bonds. The van der Waals surface area contributed by atoms with Gasteiger partial charge in [0, 0.05) is 5.69 Å². The molecule has 0 aromatic heterocycles. The molecule has 0 unspecified atom stereocenters. The van der Waals surface area contributed by atoms with Crippen LogP contribution in [-0.2, 0) is 4.79 Å². The van der Waals surface area contributed by atoms with Crippen LogP contribution in [0.2, 0.25) is 0 Å². The van der Waals surface area contributed by atoms with E-state index in [0.717, 1.165) is 0 Å². The Kier molecular flexibility index (Phi) is 6.95. The summed E-state index contributed by atoms with van der Waals surface area (Å²) in [6.45, 7) is 6.14. The van der Waals surface area contributed by atoms with Gasteiger partial charge >= 0.3 is 0 Å². The first-order chi connectivity index (χ1) is 12.9. The molecule has 2 aromatic rings. The lowest BCUT2D eigenvalue weighted by molar-refractivity contribution is -0.112. The van der Waals surface area contributed by atoms with Crippen LogP contribution < -0.4 is 14.8 Å². The van der Waals surface area contributed by atoms with Crippen molar-refractivity contribution in [2.75, 3.05) is 11.9 Å². The lowest BCUT2D eigenvalue weighted by Gasteiger charge is -2.15. The smallest absolute Gasteiger partial charge is 0.266 e. The first kappa shape index (κ1) is 20.0. The Balaban J connectivity index is 2.25. The van der Waals surface area contributed by atoms with E-state index in [0.29, 0.717) is 29.4 Å². The third-order valence-corrected chi connectivity index (χ3v) is 3.41. The maximum Gasteiger partial charge on any atom is 0.266 e. The third kappa shape index (κ3) is 5.86. The molecule has 6 heteroatoms. The standard InChI is InChI=1S/C21H21FN2O3/c1-4-26-20-12-15(5-10-19(20)27-14(2)3)11-16(13-23)21(25)24-18-8-6-17(22)7-9-18/h5-12,14H,4H2,1-3H3,(H,24,25)/b16-11+. The predicted molar refractivity (Wildman–Crippen MR) is 102 cm³/mol. The van der Waals surface area contributed by atoms with Crippen molar-refractivity contribution in [1.29, 1.82) is 5.26 Å². The number of ether oxygens (including phenoxy) is 2. The molecule has 0 aliphatic rings. The number of rotatable bonds is 7. The lowest BCUT2D eigenvalue weighted by Crippen LogP contribution is -2.13. The van der Waals surface area contributed by atoms with Crippen LogP contribution in [-0.4, -0.2) is 18.6 Å². The van der Waals surface area contributed by atoms with E-state index in [-0.39, 0.29) is 11.7 Å². The van der Waals surface area contributed by atoms with Crippen LogP contribution in [0.4, 0.5) is 10.1 Å². The SMILES string of the molecule is CCOc1cc(/C=C(\C#N)C(=O)Nc2ccc(F)cc2)ccc1OC(C)C. The van der Waals surface area contributed by atoms with E-state index in [1.54, 1.807) is 18.2 Å². The quantitative estimate of drug-likeness (QED) is 0.575. The summed E-state index contributed by atoms with van der Waals surface area (Å²) in [4.78, 5) is 12.3. The van der Waals surface area contributed by atoms with Gasteiger partial charge in [-0.1, -0.05) is 6.07 Å². The van der Waals surface area contributed by atoms with E-state index < -0.39 is 11.7 Å². The second-order valence-electron chi connectivity index (χ2n) is 5.94. The van der Waals surface area contributed by atoms with Gasteiger partial charge in [0.2, 0.25) is 0 Å². The highest BCUT2D eigenvalue weighted by atomic mass is 19.1. The van der Waals surface area contributed by atoms with Crippen molar-refractivity contribution < 1.29 is 18.7 Å². The Labute approximate surface area is 158 Å².